The molecule has 2 amide bonds. The van der Waals surface area contributed by atoms with Crippen molar-refractivity contribution in [3.63, 3.8) is 0 Å². The van der Waals surface area contributed by atoms with E-state index < -0.39 is 11.6 Å². The summed E-state index contributed by atoms with van der Waals surface area (Å²) < 4.78 is 1.89. The summed E-state index contributed by atoms with van der Waals surface area (Å²) in [7, 11) is 0. The average molecular weight is 424 g/mol. The third-order valence-corrected chi connectivity index (χ3v) is 5.75. The normalized spacial score (nSPS) is 16.6. The quantitative estimate of drug-likeness (QED) is 0.669. The van der Waals surface area contributed by atoms with E-state index in [-0.39, 0.29) is 18.4 Å². The Balaban J connectivity index is 1.84. The lowest BCUT2D eigenvalue weighted by molar-refractivity contribution is -0.145. The summed E-state index contributed by atoms with van der Waals surface area (Å²) in [5, 5.41) is 4.43. The number of fused-ring (bicyclic) bond motifs is 3. The highest BCUT2D eigenvalue weighted by atomic mass is 35.5. The fourth-order valence-corrected chi connectivity index (χ4v) is 4.38. The summed E-state index contributed by atoms with van der Waals surface area (Å²) >= 11 is 6.78. The van der Waals surface area contributed by atoms with Crippen molar-refractivity contribution in [3.05, 3.63) is 70.4 Å². The Labute approximate surface area is 181 Å². The minimum absolute atomic E-state index is 0.102. The number of amides is 2. The molecule has 1 unspecified atom stereocenters. The Morgan fingerprint density at radius 3 is 2.47 bits per heavy atom. The maximum absolute atomic E-state index is 13.4. The van der Waals surface area contributed by atoms with Gasteiger partial charge in [0.05, 0.1) is 16.2 Å². The van der Waals surface area contributed by atoms with E-state index in [4.69, 9.17) is 11.6 Å². The van der Waals surface area contributed by atoms with Gasteiger partial charge >= 0.3 is 0 Å². The van der Waals surface area contributed by atoms with Gasteiger partial charge in [-0.15, -0.1) is 0 Å². The van der Waals surface area contributed by atoms with Crippen molar-refractivity contribution < 1.29 is 9.59 Å². The molecule has 5 nitrogen and oxygen atoms in total. The zero-order chi connectivity index (χ0) is 21.6. The maximum Gasteiger partial charge on any atom is 0.249 e. The molecule has 1 atom stereocenters. The van der Waals surface area contributed by atoms with Crippen LogP contribution in [0.25, 0.3) is 10.9 Å². The number of halogens is 1. The van der Waals surface area contributed by atoms with Crippen LogP contribution in [-0.4, -0.2) is 26.8 Å². The third-order valence-electron chi connectivity index (χ3n) is 5.35. The molecule has 3 aromatic rings. The molecule has 0 fully saturated rings. The molecule has 0 spiro atoms. The van der Waals surface area contributed by atoms with E-state index in [0.717, 1.165) is 22.0 Å². The zero-order valence-corrected chi connectivity index (χ0v) is 18.5. The lowest BCUT2D eigenvalue weighted by Crippen LogP contribution is -2.52. The molecule has 2 heterocycles. The molecule has 4 rings (SSSR count). The SMILES string of the molecule is Cc1ccc(CN2C(=O)Cn3c(c(Cl)c4ccccc43)C2C(=O)NC(C)(C)C)cc1. The largest absolute Gasteiger partial charge is 0.349 e. The number of rotatable bonds is 3. The van der Waals surface area contributed by atoms with Gasteiger partial charge in [0.1, 0.15) is 6.54 Å². The van der Waals surface area contributed by atoms with Crippen LogP contribution in [-0.2, 0) is 22.7 Å². The summed E-state index contributed by atoms with van der Waals surface area (Å²) in [5.41, 5.74) is 3.23. The highest BCUT2D eigenvalue weighted by molar-refractivity contribution is 6.37. The van der Waals surface area contributed by atoms with Gasteiger partial charge in [-0.05, 0) is 39.3 Å². The third kappa shape index (κ3) is 3.70. The molecule has 1 aromatic heterocycles. The summed E-state index contributed by atoms with van der Waals surface area (Å²) in [6, 6.07) is 14.9. The van der Waals surface area contributed by atoms with Crippen LogP contribution in [0.4, 0.5) is 0 Å². The van der Waals surface area contributed by atoms with Gasteiger partial charge < -0.3 is 14.8 Å². The highest BCUT2D eigenvalue weighted by Gasteiger charge is 2.41. The first kappa shape index (κ1) is 20.5. The number of nitrogens with one attached hydrogen (secondary N) is 1. The van der Waals surface area contributed by atoms with Crippen LogP contribution in [0.3, 0.4) is 0 Å². The fraction of sp³-hybridized carbons (Fsp3) is 0.333. The molecule has 156 valence electrons. The molecule has 2 aromatic carbocycles. The Bertz CT molecular complexity index is 1130. The summed E-state index contributed by atoms with van der Waals surface area (Å²) in [6.07, 6.45) is 0. The Hall–Kier alpha value is -2.79. The zero-order valence-electron chi connectivity index (χ0n) is 17.7. The van der Waals surface area contributed by atoms with Gasteiger partial charge in [-0.2, -0.15) is 0 Å². The van der Waals surface area contributed by atoms with Crippen molar-refractivity contribution in [2.45, 2.75) is 52.4 Å². The molecular weight excluding hydrogens is 398 g/mol. The lowest BCUT2D eigenvalue weighted by Gasteiger charge is -2.37. The molecule has 0 saturated carbocycles. The second-order valence-corrected chi connectivity index (χ2v) is 9.33. The van der Waals surface area contributed by atoms with Crippen molar-refractivity contribution in [2.24, 2.45) is 0 Å². The fourth-order valence-electron chi connectivity index (χ4n) is 4.01. The predicted molar refractivity (Wildman–Crippen MR) is 119 cm³/mol. The number of hydrogen-bond donors (Lipinski definition) is 1. The van der Waals surface area contributed by atoms with Crippen molar-refractivity contribution >= 4 is 34.3 Å². The molecule has 0 aliphatic carbocycles. The van der Waals surface area contributed by atoms with E-state index in [1.165, 1.54) is 0 Å². The smallest absolute Gasteiger partial charge is 0.249 e. The number of carbonyl (C=O) groups excluding carboxylic acids is 2. The van der Waals surface area contributed by atoms with Crippen molar-refractivity contribution in [2.75, 3.05) is 0 Å². The van der Waals surface area contributed by atoms with Crippen LogP contribution in [0.1, 0.15) is 43.6 Å². The standard InChI is InChI=1S/C24H26ClN3O2/c1-15-9-11-16(12-10-15)13-28-19(29)14-27-18-8-6-5-7-17(18)20(25)21(27)22(28)23(30)26-24(2,3)4/h5-12,22H,13-14H2,1-4H3,(H,26,30). The number of hydrogen-bond acceptors (Lipinski definition) is 2. The van der Waals surface area contributed by atoms with Gasteiger partial charge in [0.15, 0.2) is 6.04 Å². The number of para-hydroxylation sites is 1. The van der Waals surface area contributed by atoms with E-state index in [2.05, 4.69) is 5.32 Å². The Kier molecular flexibility index (Phi) is 5.10. The maximum atomic E-state index is 13.4. The minimum Gasteiger partial charge on any atom is -0.349 e. The Morgan fingerprint density at radius 2 is 1.80 bits per heavy atom. The number of aromatic nitrogens is 1. The second-order valence-electron chi connectivity index (χ2n) is 8.95. The monoisotopic (exact) mass is 423 g/mol. The molecule has 1 aliphatic rings. The van der Waals surface area contributed by atoms with E-state index in [9.17, 15) is 9.59 Å². The summed E-state index contributed by atoms with van der Waals surface area (Å²) in [4.78, 5) is 28.3. The van der Waals surface area contributed by atoms with Crippen LogP contribution >= 0.6 is 11.6 Å². The van der Waals surface area contributed by atoms with Crippen molar-refractivity contribution in [1.82, 2.24) is 14.8 Å². The lowest BCUT2D eigenvalue weighted by atomic mass is 10.0. The number of nitrogens with zero attached hydrogens (tertiary/aromatic N) is 2. The van der Waals surface area contributed by atoms with E-state index in [1.807, 2.05) is 80.8 Å². The first-order valence-electron chi connectivity index (χ1n) is 10.1. The Morgan fingerprint density at radius 1 is 1.13 bits per heavy atom. The molecular formula is C24H26ClN3O2. The molecule has 6 heteroatoms. The van der Waals surface area contributed by atoms with Crippen molar-refractivity contribution in [3.8, 4) is 0 Å². The first-order chi connectivity index (χ1) is 14.2. The highest BCUT2D eigenvalue weighted by Crippen LogP contribution is 2.40. The van der Waals surface area contributed by atoms with Crippen LogP contribution in [0.5, 0.6) is 0 Å². The number of carbonyl (C=O) groups is 2. The minimum atomic E-state index is -0.799. The van der Waals surface area contributed by atoms with Gasteiger partial charge in [0.25, 0.3) is 0 Å². The molecule has 0 radical (unpaired) electrons. The van der Waals surface area contributed by atoms with Crippen LogP contribution in [0.2, 0.25) is 5.02 Å². The number of benzene rings is 2. The van der Waals surface area contributed by atoms with E-state index in [0.29, 0.717) is 17.3 Å². The molecule has 0 bridgehead atoms. The molecule has 1 aliphatic heterocycles. The predicted octanol–water partition coefficient (Wildman–Crippen LogP) is 4.60. The van der Waals surface area contributed by atoms with Crippen molar-refractivity contribution in [1.29, 1.82) is 0 Å². The van der Waals surface area contributed by atoms with Gasteiger partial charge in [-0.1, -0.05) is 59.6 Å². The topological polar surface area (TPSA) is 54.3 Å². The van der Waals surface area contributed by atoms with Gasteiger partial charge in [0, 0.05) is 17.5 Å². The van der Waals surface area contributed by atoms with Gasteiger partial charge in [-0.25, -0.2) is 0 Å². The van der Waals surface area contributed by atoms with Gasteiger partial charge in [0.2, 0.25) is 11.8 Å². The number of aryl methyl sites for hydroxylation is 1. The van der Waals surface area contributed by atoms with Crippen LogP contribution in [0, 0.1) is 6.92 Å². The molecule has 0 saturated heterocycles. The second kappa shape index (κ2) is 7.47. The van der Waals surface area contributed by atoms with Crippen LogP contribution in [0.15, 0.2) is 48.5 Å². The van der Waals surface area contributed by atoms with E-state index in [1.54, 1.807) is 4.90 Å². The molecule has 30 heavy (non-hydrogen) atoms. The summed E-state index contributed by atoms with van der Waals surface area (Å²) in [6.45, 7) is 8.31. The first-order valence-corrected chi connectivity index (χ1v) is 10.5. The van der Waals surface area contributed by atoms with E-state index >= 15 is 0 Å². The van der Waals surface area contributed by atoms with Crippen LogP contribution < -0.4 is 5.32 Å². The average Bonchev–Trinajstić information content (AvgIpc) is 2.95. The van der Waals surface area contributed by atoms with Gasteiger partial charge in [-0.3, -0.25) is 9.59 Å². The molecule has 1 N–H and O–H groups in total. The summed E-state index contributed by atoms with van der Waals surface area (Å²) in [5.74, 6) is -0.330.